The van der Waals surface area contributed by atoms with Crippen molar-refractivity contribution in [3.8, 4) is 46.4 Å². The normalized spacial score (nSPS) is 15.6. The van der Waals surface area contributed by atoms with E-state index in [1.807, 2.05) is 39.8 Å². The molecule has 4 aromatic heterocycles. The summed E-state index contributed by atoms with van der Waals surface area (Å²) < 4.78 is 148. The first-order valence-corrected chi connectivity index (χ1v) is 28.5. The van der Waals surface area contributed by atoms with Crippen LogP contribution in [-0.2, 0) is 35.5 Å². The number of hydrogen-bond acceptors (Lipinski definition) is 12. The van der Waals surface area contributed by atoms with E-state index < -0.39 is 104 Å². The number of fused-ring (bicyclic) bond motifs is 2. The lowest BCUT2D eigenvalue weighted by atomic mass is 9.87. The molecule has 0 aliphatic carbocycles. The van der Waals surface area contributed by atoms with E-state index in [1.165, 1.54) is 97.1 Å². The minimum atomic E-state index is -1.42. The monoisotopic (exact) mass is 1260 g/mol. The fourth-order valence-electron chi connectivity index (χ4n) is 11.2. The van der Waals surface area contributed by atoms with Crippen molar-refractivity contribution in [3.63, 3.8) is 0 Å². The molecule has 2 atom stereocenters. The van der Waals surface area contributed by atoms with Gasteiger partial charge in [0.1, 0.15) is 48.1 Å². The highest BCUT2D eigenvalue weighted by molar-refractivity contribution is 5.93. The van der Waals surface area contributed by atoms with Crippen LogP contribution in [0.1, 0.15) is 106 Å². The van der Waals surface area contributed by atoms with Crippen molar-refractivity contribution in [1.29, 1.82) is 10.5 Å². The Bertz CT molecular complexity index is 4400. The van der Waals surface area contributed by atoms with Crippen molar-refractivity contribution in [2.45, 2.75) is 65.8 Å². The number of carboxylic acid groups (broad SMARTS) is 2. The minimum Gasteiger partial charge on any atom is -0.478 e. The molecular weight excluding hydrogens is 1210 g/mol. The Balaban J connectivity index is 0.000000188. The standard InChI is InChI=1S/2C34H26F4N4O4/c2*1-34(2)17-45-16-28(34)42-27-11-19(33(43)44)8-9-26(27)40-29(42)13-21-24(36)12-22(32(38)31(21)37)25-4-3-5-30(41-25)46-15-20-7-6-18(14-39)10-23(20)35/h2*3-12,28H,13,15-17H2,1-2H3,(H,43,44). The van der Waals surface area contributed by atoms with E-state index in [9.17, 15) is 28.6 Å². The summed E-state index contributed by atoms with van der Waals surface area (Å²) in [4.78, 5) is 40.9. The second-order valence-electron chi connectivity index (χ2n) is 23.4. The number of carboxylic acids is 2. The molecule has 2 aliphatic heterocycles. The van der Waals surface area contributed by atoms with Gasteiger partial charge in [0.25, 0.3) is 0 Å². The Morgan fingerprint density at radius 2 is 0.935 bits per heavy atom. The fraction of sp³-hybridized carbons (Fsp3) is 0.235. The number of ether oxygens (including phenoxy) is 4. The number of carbonyl (C=O) groups is 2. The summed E-state index contributed by atoms with van der Waals surface area (Å²) >= 11 is 0. The predicted octanol–water partition coefficient (Wildman–Crippen LogP) is 14.0. The van der Waals surface area contributed by atoms with Crippen molar-refractivity contribution in [1.82, 2.24) is 29.1 Å². The average Bonchev–Trinajstić information content (AvgIpc) is 1.58. The van der Waals surface area contributed by atoms with Gasteiger partial charge >= 0.3 is 11.9 Å². The predicted molar refractivity (Wildman–Crippen MR) is 316 cm³/mol. The third-order valence-corrected chi connectivity index (χ3v) is 16.2. The molecule has 2 unspecified atom stereocenters. The van der Waals surface area contributed by atoms with Crippen LogP contribution in [0.3, 0.4) is 0 Å². The molecule has 0 spiro atoms. The third kappa shape index (κ3) is 12.5. The number of hydrogen-bond donors (Lipinski definition) is 2. The summed E-state index contributed by atoms with van der Waals surface area (Å²) in [6, 6.07) is 29.7. The smallest absolute Gasteiger partial charge is 0.335 e. The second-order valence-corrected chi connectivity index (χ2v) is 23.4. The van der Waals surface area contributed by atoms with Gasteiger partial charge in [0, 0.05) is 69.2 Å². The first-order chi connectivity index (χ1) is 43.9. The molecule has 10 aromatic rings. The quantitative estimate of drug-likeness (QED) is 0.0679. The third-order valence-electron chi connectivity index (χ3n) is 16.2. The van der Waals surface area contributed by atoms with E-state index in [4.69, 9.17) is 29.5 Å². The Hall–Kier alpha value is -10.6. The lowest BCUT2D eigenvalue weighted by Crippen LogP contribution is -2.27. The van der Waals surface area contributed by atoms with Gasteiger partial charge in [-0.2, -0.15) is 10.5 Å². The van der Waals surface area contributed by atoms with Gasteiger partial charge in [-0.15, -0.1) is 0 Å². The van der Waals surface area contributed by atoms with Crippen molar-refractivity contribution < 1.29 is 73.9 Å². The number of rotatable bonds is 16. The molecule has 0 saturated carbocycles. The molecule has 2 N–H and O–H groups in total. The van der Waals surface area contributed by atoms with Crippen LogP contribution >= 0.6 is 0 Å². The van der Waals surface area contributed by atoms with Gasteiger partial charge in [-0.05, 0) is 84.9 Å². The number of benzene rings is 6. The Kier molecular flexibility index (Phi) is 17.4. The Morgan fingerprint density at radius 1 is 0.533 bits per heavy atom. The average molecular weight is 1260 g/mol. The molecule has 6 heterocycles. The van der Waals surface area contributed by atoms with E-state index in [-0.39, 0.29) is 107 Å². The first kappa shape index (κ1) is 63.0. The van der Waals surface area contributed by atoms with Crippen LogP contribution in [0.2, 0.25) is 0 Å². The lowest BCUT2D eigenvalue weighted by Gasteiger charge is -2.28. The number of halogens is 8. The van der Waals surface area contributed by atoms with Crippen molar-refractivity contribution >= 4 is 34.0 Å². The van der Waals surface area contributed by atoms with Gasteiger partial charge in [0.2, 0.25) is 11.8 Å². The molecule has 92 heavy (non-hydrogen) atoms. The van der Waals surface area contributed by atoms with Crippen LogP contribution in [0.4, 0.5) is 35.1 Å². The van der Waals surface area contributed by atoms with E-state index in [0.29, 0.717) is 35.3 Å². The van der Waals surface area contributed by atoms with Crippen LogP contribution in [0.15, 0.2) is 121 Å². The number of nitrogens with zero attached hydrogens (tertiary/aromatic N) is 8. The van der Waals surface area contributed by atoms with Gasteiger partial charge < -0.3 is 38.3 Å². The van der Waals surface area contributed by atoms with Crippen LogP contribution < -0.4 is 9.47 Å². The molecule has 0 radical (unpaired) electrons. The molecular formula is C68H52F8N8O8. The minimum absolute atomic E-state index is 0.0189. The van der Waals surface area contributed by atoms with Crippen molar-refractivity contribution in [2.75, 3.05) is 26.4 Å². The summed E-state index contributed by atoms with van der Waals surface area (Å²) in [5.74, 6) is -10.8. The highest BCUT2D eigenvalue weighted by atomic mass is 19.2. The van der Waals surface area contributed by atoms with Gasteiger partial charge in [-0.25, -0.2) is 64.6 Å². The molecule has 12 rings (SSSR count). The molecule has 24 heteroatoms. The van der Waals surface area contributed by atoms with E-state index >= 15 is 26.3 Å². The van der Waals surface area contributed by atoms with Gasteiger partial charge in [-0.1, -0.05) is 52.0 Å². The van der Waals surface area contributed by atoms with Crippen LogP contribution in [0.25, 0.3) is 44.6 Å². The second kappa shape index (κ2) is 25.4. The summed E-state index contributed by atoms with van der Waals surface area (Å²) in [6.07, 6.45) is -0.851. The van der Waals surface area contributed by atoms with E-state index in [0.717, 1.165) is 24.3 Å². The maximum atomic E-state index is 15.7. The first-order valence-electron chi connectivity index (χ1n) is 28.5. The highest BCUT2D eigenvalue weighted by Gasteiger charge is 2.41. The maximum Gasteiger partial charge on any atom is 0.335 e. The zero-order chi connectivity index (χ0) is 65.5. The Morgan fingerprint density at radius 3 is 1.28 bits per heavy atom. The molecule has 2 saturated heterocycles. The number of imidazole rings is 2. The Labute approximate surface area is 519 Å². The van der Waals surface area contributed by atoms with Gasteiger partial charge in [-0.3, -0.25) is 0 Å². The summed E-state index contributed by atoms with van der Waals surface area (Å²) in [6.45, 7) is 8.67. The zero-order valence-electron chi connectivity index (χ0n) is 49.3. The summed E-state index contributed by atoms with van der Waals surface area (Å²) in [5, 5.41) is 37.0. The molecule has 16 nitrogen and oxygen atoms in total. The van der Waals surface area contributed by atoms with Crippen LogP contribution in [-0.4, -0.2) is 77.6 Å². The summed E-state index contributed by atoms with van der Waals surface area (Å²) in [5.41, 5.74) is -0.695. The highest BCUT2D eigenvalue weighted by Crippen LogP contribution is 2.43. The van der Waals surface area contributed by atoms with E-state index in [1.54, 1.807) is 9.13 Å². The van der Waals surface area contributed by atoms with E-state index in [2.05, 4.69) is 19.9 Å². The molecule has 0 bridgehead atoms. The molecule has 2 aliphatic rings. The summed E-state index contributed by atoms with van der Waals surface area (Å²) in [7, 11) is 0. The zero-order valence-corrected chi connectivity index (χ0v) is 49.3. The number of aromatic carboxylic acids is 2. The maximum absolute atomic E-state index is 15.7. The number of aromatic nitrogens is 6. The van der Waals surface area contributed by atoms with Crippen LogP contribution in [0.5, 0.6) is 11.8 Å². The van der Waals surface area contributed by atoms with Gasteiger partial charge in [0.05, 0.1) is 106 Å². The molecule has 468 valence electrons. The van der Waals surface area contributed by atoms with Gasteiger partial charge in [0.15, 0.2) is 23.3 Å². The number of nitriles is 2. The number of pyridine rings is 2. The largest absolute Gasteiger partial charge is 0.478 e. The molecule has 0 amide bonds. The topological polar surface area (TPSA) is 221 Å². The molecule has 6 aromatic carbocycles. The van der Waals surface area contributed by atoms with Crippen molar-refractivity contribution in [2.24, 2.45) is 10.8 Å². The SMILES string of the molecule is CC1(C)COCC1n1c(Cc2c(F)cc(-c3cccc(OCc4ccc(C#N)cc4F)n3)c(F)c2F)nc2ccc(C(=O)O)cc21.CC1(C)COCC1n1c(Cc2c(F)cc(-c3cccc(OCc4ccc(C#N)cc4F)n3)c(F)c2F)nc2ccc(C(=O)O)cc21. The lowest BCUT2D eigenvalue weighted by molar-refractivity contribution is 0.0686. The fourth-order valence-corrected chi connectivity index (χ4v) is 11.2. The van der Waals surface area contributed by atoms with Crippen LogP contribution in [0, 0.1) is 80.0 Å². The molecule has 2 fully saturated rings. The van der Waals surface area contributed by atoms with Crippen molar-refractivity contribution in [3.05, 3.63) is 224 Å².